The predicted octanol–water partition coefficient (Wildman–Crippen LogP) is 2.67. The second-order valence-electron chi connectivity index (χ2n) is 6.30. The van der Waals surface area contributed by atoms with Gasteiger partial charge in [0.2, 0.25) is 5.88 Å². The quantitative estimate of drug-likeness (QED) is 0.850. The van der Waals surface area contributed by atoms with Gasteiger partial charge in [-0.05, 0) is 56.8 Å². The standard InChI is InChI=1S/C18H23N3O3.ClH/c1-11(2)23-16-9-14-12(8-15(16)17(19)22)5-7-21-18(14)24-13-4-3-6-20-10-13;/h5,7-9,11,13,20H,3-4,6,10H2,1-2H3,(H2,19,22);1H. The predicted molar refractivity (Wildman–Crippen MR) is 99.8 cm³/mol. The van der Waals surface area contributed by atoms with Crippen molar-refractivity contribution in [2.45, 2.75) is 38.9 Å². The first-order valence-electron chi connectivity index (χ1n) is 8.31. The van der Waals surface area contributed by atoms with Gasteiger partial charge in [0.25, 0.3) is 5.91 Å². The third-order valence-electron chi connectivity index (χ3n) is 3.99. The molecule has 1 aromatic heterocycles. The van der Waals surface area contributed by atoms with Crippen LogP contribution in [0.4, 0.5) is 0 Å². The minimum Gasteiger partial charge on any atom is -0.490 e. The number of carbonyl (C=O) groups excluding carboxylic acids is 1. The Morgan fingerprint density at radius 2 is 2.20 bits per heavy atom. The highest BCUT2D eigenvalue weighted by Gasteiger charge is 2.19. The highest BCUT2D eigenvalue weighted by molar-refractivity contribution is 6.01. The summed E-state index contributed by atoms with van der Waals surface area (Å²) in [6, 6.07) is 5.38. The monoisotopic (exact) mass is 365 g/mol. The Labute approximate surface area is 153 Å². The van der Waals surface area contributed by atoms with Crippen LogP contribution in [0.15, 0.2) is 24.4 Å². The van der Waals surface area contributed by atoms with Gasteiger partial charge in [0.1, 0.15) is 11.9 Å². The van der Waals surface area contributed by atoms with Gasteiger partial charge in [-0.15, -0.1) is 12.4 Å². The molecular formula is C18H24ClN3O3. The van der Waals surface area contributed by atoms with Crippen molar-refractivity contribution in [3.8, 4) is 11.6 Å². The van der Waals surface area contributed by atoms with Crippen molar-refractivity contribution < 1.29 is 14.3 Å². The number of primary amides is 1. The minimum absolute atomic E-state index is 0. The Hall–Kier alpha value is -2.05. The summed E-state index contributed by atoms with van der Waals surface area (Å²) in [4.78, 5) is 16.1. The van der Waals surface area contributed by atoms with Crippen LogP contribution in [0, 0.1) is 0 Å². The molecule has 7 heteroatoms. The summed E-state index contributed by atoms with van der Waals surface area (Å²) in [6.07, 6.45) is 3.80. The Bertz CT molecular complexity index is 746. The van der Waals surface area contributed by atoms with Crippen LogP contribution in [-0.4, -0.2) is 36.2 Å². The molecule has 2 aromatic rings. The molecule has 1 atom stereocenters. The maximum Gasteiger partial charge on any atom is 0.252 e. The van der Waals surface area contributed by atoms with Crippen molar-refractivity contribution in [1.29, 1.82) is 0 Å². The van der Waals surface area contributed by atoms with E-state index in [1.54, 1.807) is 18.3 Å². The van der Waals surface area contributed by atoms with E-state index in [2.05, 4.69) is 10.3 Å². The molecule has 1 fully saturated rings. The van der Waals surface area contributed by atoms with E-state index in [9.17, 15) is 4.79 Å². The molecule has 1 unspecified atom stereocenters. The molecule has 2 heterocycles. The normalized spacial score (nSPS) is 17.2. The molecule has 0 aliphatic carbocycles. The summed E-state index contributed by atoms with van der Waals surface area (Å²) in [5.74, 6) is 0.513. The van der Waals surface area contributed by atoms with Crippen LogP contribution in [0.2, 0.25) is 0 Å². The zero-order chi connectivity index (χ0) is 17.1. The summed E-state index contributed by atoms with van der Waals surface area (Å²) in [5.41, 5.74) is 5.86. The lowest BCUT2D eigenvalue weighted by Crippen LogP contribution is -2.37. The van der Waals surface area contributed by atoms with Crippen LogP contribution >= 0.6 is 12.4 Å². The van der Waals surface area contributed by atoms with Crippen molar-refractivity contribution in [2.75, 3.05) is 13.1 Å². The van der Waals surface area contributed by atoms with E-state index >= 15 is 0 Å². The molecular weight excluding hydrogens is 342 g/mol. The Balaban J connectivity index is 0.00000225. The van der Waals surface area contributed by atoms with Gasteiger partial charge in [0.15, 0.2) is 0 Å². The van der Waals surface area contributed by atoms with Crippen molar-refractivity contribution in [3.05, 3.63) is 30.0 Å². The fraction of sp³-hybridized carbons (Fsp3) is 0.444. The van der Waals surface area contributed by atoms with Gasteiger partial charge in [0.05, 0.1) is 11.7 Å². The number of hydrogen-bond donors (Lipinski definition) is 2. The number of ether oxygens (including phenoxy) is 2. The lowest BCUT2D eigenvalue weighted by Gasteiger charge is -2.24. The third-order valence-corrected chi connectivity index (χ3v) is 3.99. The van der Waals surface area contributed by atoms with Crippen LogP contribution in [0.5, 0.6) is 11.6 Å². The second-order valence-corrected chi connectivity index (χ2v) is 6.30. The summed E-state index contributed by atoms with van der Waals surface area (Å²) in [5, 5.41) is 5.00. The van der Waals surface area contributed by atoms with Crippen molar-refractivity contribution >= 4 is 29.1 Å². The molecule has 1 amide bonds. The Morgan fingerprint density at radius 3 is 2.84 bits per heavy atom. The fourth-order valence-corrected chi connectivity index (χ4v) is 2.89. The molecule has 0 spiro atoms. The third kappa shape index (κ3) is 4.52. The number of rotatable bonds is 5. The van der Waals surface area contributed by atoms with Crippen molar-refractivity contribution in [3.63, 3.8) is 0 Å². The average molecular weight is 366 g/mol. The van der Waals surface area contributed by atoms with E-state index in [0.717, 1.165) is 36.7 Å². The maximum atomic E-state index is 11.7. The topological polar surface area (TPSA) is 86.5 Å². The van der Waals surface area contributed by atoms with E-state index < -0.39 is 5.91 Å². The molecule has 1 aliphatic heterocycles. The lowest BCUT2D eigenvalue weighted by molar-refractivity contribution is 0.0994. The van der Waals surface area contributed by atoms with Gasteiger partial charge < -0.3 is 20.5 Å². The second kappa shape index (κ2) is 8.36. The number of amides is 1. The van der Waals surface area contributed by atoms with Crippen LogP contribution in [-0.2, 0) is 0 Å². The molecule has 0 radical (unpaired) electrons. The zero-order valence-corrected chi connectivity index (χ0v) is 15.3. The summed E-state index contributed by atoms with van der Waals surface area (Å²) >= 11 is 0. The van der Waals surface area contributed by atoms with E-state index in [1.807, 2.05) is 19.9 Å². The average Bonchev–Trinajstić information content (AvgIpc) is 2.55. The number of nitrogens with one attached hydrogen (secondary N) is 1. The van der Waals surface area contributed by atoms with Gasteiger partial charge in [0, 0.05) is 18.1 Å². The summed E-state index contributed by atoms with van der Waals surface area (Å²) in [7, 11) is 0. The first-order chi connectivity index (χ1) is 11.5. The molecule has 3 N–H and O–H groups in total. The molecule has 1 aromatic carbocycles. The van der Waals surface area contributed by atoms with E-state index in [1.165, 1.54) is 0 Å². The number of piperidine rings is 1. The summed E-state index contributed by atoms with van der Waals surface area (Å²) in [6.45, 7) is 5.65. The van der Waals surface area contributed by atoms with Gasteiger partial charge in [-0.2, -0.15) is 0 Å². The first kappa shape index (κ1) is 19.3. The number of nitrogens with two attached hydrogens (primary N) is 1. The Kier molecular flexibility index (Phi) is 6.45. The molecule has 25 heavy (non-hydrogen) atoms. The minimum atomic E-state index is -0.511. The van der Waals surface area contributed by atoms with Crippen LogP contribution in [0.3, 0.4) is 0 Å². The molecule has 136 valence electrons. The number of nitrogens with zero attached hydrogens (tertiary/aromatic N) is 1. The first-order valence-corrected chi connectivity index (χ1v) is 8.31. The van der Waals surface area contributed by atoms with Crippen LogP contribution in [0.25, 0.3) is 10.8 Å². The number of aromatic nitrogens is 1. The number of fused-ring (bicyclic) bond motifs is 1. The van der Waals surface area contributed by atoms with Crippen LogP contribution < -0.4 is 20.5 Å². The van der Waals surface area contributed by atoms with Gasteiger partial charge in [-0.25, -0.2) is 4.98 Å². The Morgan fingerprint density at radius 1 is 1.40 bits per heavy atom. The molecule has 1 aliphatic rings. The number of halogens is 1. The van der Waals surface area contributed by atoms with Crippen molar-refractivity contribution in [2.24, 2.45) is 5.73 Å². The largest absolute Gasteiger partial charge is 0.490 e. The highest BCUT2D eigenvalue weighted by Crippen LogP contribution is 2.32. The smallest absolute Gasteiger partial charge is 0.252 e. The van der Waals surface area contributed by atoms with Crippen LogP contribution in [0.1, 0.15) is 37.0 Å². The lowest BCUT2D eigenvalue weighted by atomic mass is 10.1. The highest BCUT2D eigenvalue weighted by atomic mass is 35.5. The zero-order valence-electron chi connectivity index (χ0n) is 14.5. The van der Waals surface area contributed by atoms with Gasteiger partial charge >= 0.3 is 0 Å². The molecule has 6 nitrogen and oxygen atoms in total. The number of carbonyl (C=O) groups is 1. The molecule has 0 saturated carbocycles. The van der Waals surface area contributed by atoms with Gasteiger partial charge in [-0.1, -0.05) is 0 Å². The van der Waals surface area contributed by atoms with E-state index in [0.29, 0.717) is 17.2 Å². The number of hydrogen-bond acceptors (Lipinski definition) is 5. The number of benzene rings is 1. The number of pyridine rings is 1. The molecule has 0 bridgehead atoms. The SMILES string of the molecule is CC(C)Oc1cc2c(OC3CCCNC3)nccc2cc1C(N)=O.Cl. The maximum absolute atomic E-state index is 11.7. The molecule has 1 saturated heterocycles. The van der Waals surface area contributed by atoms with E-state index in [4.69, 9.17) is 15.2 Å². The van der Waals surface area contributed by atoms with E-state index in [-0.39, 0.29) is 24.6 Å². The fourth-order valence-electron chi connectivity index (χ4n) is 2.89. The van der Waals surface area contributed by atoms with Crippen molar-refractivity contribution in [1.82, 2.24) is 10.3 Å². The van der Waals surface area contributed by atoms with Gasteiger partial charge in [-0.3, -0.25) is 4.79 Å². The summed E-state index contributed by atoms with van der Waals surface area (Å²) < 4.78 is 11.8. The molecule has 3 rings (SSSR count).